The Morgan fingerprint density at radius 2 is 2.20 bits per heavy atom. The van der Waals surface area contributed by atoms with Crippen molar-refractivity contribution in [2.24, 2.45) is 0 Å². The van der Waals surface area contributed by atoms with E-state index >= 15 is 0 Å². The van der Waals surface area contributed by atoms with Gasteiger partial charge in [-0.3, -0.25) is 14.3 Å². The second-order valence-corrected chi connectivity index (χ2v) is 5.18. The van der Waals surface area contributed by atoms with E-state index in [1.54, 1.807) is 0 Å². The fraction of sp³-hybridized carbons (Fsp3) is 0.625. The van der Waals surface area contributed by atoms with Crippen molar-refractivity contribution in [1.29, 1.82) is 0 Å². The number of likely N-dealkylation sites (tertiary alicyclic amines) is 1. The number of hydrogen-bond acceptors (Lipinski definition) is 3. The molecule has 15 heavy (non-hydrogen) atoms. The number of nitrogens with zero attached hydrogens (tertiary/aromatic N) is 1. The maximum absolute atomic E-state index is 11.1. The third kappa shape index (κ3) is 2.66. The van der Waals surface area contributed by atoms with Gasteiger partial charge in [0, 0.05) is 6.54 Å². The van der Waals surface area contributed by atoms with Crippen LogP contribution in [0.4, 0.5) is 0 Å². The van der Waals surface area contributed by atoms with E-state index in [4.69, 9.17) is 14.9 Å². The van der Waals surface area contributed by atoms with Crippen LogP contribution in [0.5, 0.6) is 0 Å². The van der Waals surface area contributed by atoms with Crippen molar-refractivity contribution < 1.29 is 24.3 Å². The average Bonchev–Trinajstić information content (AvgIpc) is 2.51. The van der Waals surface area contributed by atoms with Gasteiger partial charge in [0.25, 0.3) is 0 Å². The van der Waals surface area contributed by atoms with Crippen LogP contribution < -0.4 is 0 Å². The average molecular weight is 235 g/mol. The lowest BCUT2D eigenvalue weighted by molar-refractivity contribution is -0.142. The lowest BCUT2D eigenvalue weighted by Gasteiger charge is -2.28. The van der Waals surface area contributed by atoms with Crippen LogP contribution in [0.2, 0.25) is 0 Å². The molecule has 0 aromatic rings. The van der Waals surface area contributed by atoms with Gasteiger partial charge in [-0.2, -0.15) is 0 Å². The second-order valence-electron chi connectivity index (χ2n) is 3.47. The molecule has 1 unspecified atom stereocenters. The van der Waals surface area contributed by atoms with Gasteiger partial charge in [-0.15, -0.1) is 6.58 Å². The first-order valence-corrected chi connectivity index (χ1v) is 6.22. The molecule has 1 heterocycles. The fourth-order valence-electron chi connectivity index (χ4n) is 1.84. The Kier molecular flexibility index (Phi) is 3.67. The van der Waals surface area contributed by atoms with E-state index in [9.17, 15) is 9.36 Å². The summed E-state index contributed by atoms with van der Waals surface area (Å²) in [5.41, 5.74) is 0. The van der Waals surface area contributed by atoms with Gasteiger partial charge in [0.1, 0.15) is 11.8 Å². The van der Waals surface area contributed by atoms with E-state index in [1.807, 2.05) is 0 Å². The largest absolute Gasteiger partial charge is 0.480 e. The number of hydrogen-bond donors (Lipinski definition) is 3. The van der Waals surface area contributed by atoms with Crippen LogP contribution >= 0.6 is 7.60 Å². The van der Waals surface area contributed by atoms with Crippen molar-refractivity contribution in [2.45, 2.75) is 24.7 Å². The molecule has 0 aromatic heterocycles. The Morgan fingerprint density at radius 1 is 1.60 bits per heavy atom. The van der Waals surface area contributed by atoms with Gasteiger partial charge in [-0.1, -0.05) is 6.08 Å². The molecule has 0 spiro atoms. The summed E-state index contributed by atoms with van der Waals surface area (Å²) in [7, 11) is -4.36. The standard InChI is InChI=1S/C8H14NO5P/c1-2-7(15(12,13)14)9-5-3-4-6(9)8(10)11/h2,6-7H,1,3-5H2,(H,10,11)(H2,12,13,14)/t6-,7?/m0/s1. The molecule has 0 saturated carbocycles. The van der Waals surface area contributed by atoms with E-state index in [0.29, 0.717) is 19.4 Å². The molecule has 2 atom stereocenters. The van der Waals surface area contributed by atoms with Gasteiger partial charge in [0.05, 0.1) is 0 Å². The van der Waals surface area contributed by atoms with Crippen LogP contribution in [0.1, 0.15) is 12.8 Å². The van der Waals surface area contributed by atoms with Gasteiger partial charge in [0.15, 0.2) is 0 Å². The molecule has 6 nitrogen and oxygen atoms in total. The van der Waals surface area contributed by atoms with Crippen LogP contribution in [-0.4, -0.2) is 44.1 Å². The lowest BCUT2D eigenvalue weighted by Crippen LogP contribution is -2.42. The van der Waals surface area contributed by atoms with Crippen LogP contribution in [0.15, 0.2) is 12.7 Å². The van der Waals surface area contributed by atoms with Crippen molar-refractivity contribution >= 4 is 13.6 Å². The summed E-state index contributed by atoms with van der Waals surface area (Å²) in [6.45, 7) is 3.71. The van der Waals surface area contributed by atoms with Crippen molar-refractivity contribution in [2.75, 3.05) is 6.54 Å². The quantitative estimate of drug-likeness (QED) is 0.476. The SMILES string of the molecule is C=CC(N1CCC[C@H]1C(=O)O)P(=O)(O)O. The molecule has 0 bridgehead atoms. The molecule has 0 aliphatic carbocycles. The molecule has 0 radical (unpaired) electrons. The minimum absolute atomic E-state index is 0.374. The zero-order chi connectivity index (χ0) is 11.6. The molecular formula is C8H14NO5P. The summed E-state index contributed by atoms with van der Waals surface area (Å²) in [5, 5.41) is 8.86. The number of aliphatic carboxylic acids is 1. The monoisotopic (exact) mass is 235 g/mol. The Hall–Kier alpha value is -0.680. The van der Waals surface area contributed by atoms with Crippen molar-refractivity contribution in [1.82, 2.24) is 4.90 Å². The van der Waals surface area contributed by atoms with E-state index in [-0.39, 0.29) is 0 Å². The molecule has 0 aromatic carbocycles. The molecule has 86 valence electrons. The maximum atomic E-state index is 11.1. The predicted octanol–water partition coefficient (Wildman–Crippen LogP) is 0.225. The third-order valence-corrected chi connectivity index (χ3v) is 3.67. The molecule has 0 amide bonds. The van der Waals surface area contributed by atoms with Gasteiger partial charge >= 0.3 is 13.6 Å². The molecule has 1 aliphatic rings. The van der Waals surface area contributed by atoms with Crippen LogP contribution in [-0.2, 0) is 9.36 Å². The first-order valence-electron chi connectivity index (χ1n) is 4.54. The highest BCUT2D eigenvalue weighted by atomic mass is 31.2. The zero-order valence-electron chi connectivity index (χ0n) is 8.11. The van der Waals surface area contributed by atoms with Gasteiger partial charge in [0.2, 0.25) is 0 Å². The Morgan fingerprint density at radius 3 is 2.60 bits per heavy atom. The lowest BCUT2D eigenvalue weighted by atomic mass is 10.2. The van der Waals surface area contributed by atoms with Crippen LogP contribution in [0.25, 0.3) is 0 Å². The predicted molar refractivity (Wildman–Crippen MR) is 53.4 cm³/mol. The molecule has 3 N–H and O–H groups in total. The van der Waals surface area contributed by atoms with Crippen molar-refractivity contribution in [3.05, 3.63) is 12.7 Å². The smallest absolute Gasteiger partial charge is 0.346 e. The van der Waals surface area contributed by atoms with Gasteiger partial charge in [-0.25, -0.2) is 0 Å². The second kappa shape index (κ2) is 4.45. The minimum Gasteiger partial charge on any atom is -0.480 e. The fourth-order valence-corrected chi connectivity index (χ4v) is 2.77. The molecule has 1 aliphatic heterocycles. The molecule has 1 fully saturated rings. The highest BCUT2D eigenvalue weighted by Crippen LogP contribution is 2.45. The number of carboxylic acid groups (broad SMARTS) is 1. The summed E-state index contributed by atoms with van der Waals surface area (Å²) in [5.74, 6) is -2.24. The Bertz CT molecular complexity index is 312. The molecule has 1 saturated heterocycles. The summed E-state index contributed by atoms with van der Waals surface area (Å²) < 4.78 is 11.1. The topological polar surface area (TPSA) is 98.1 Å². The summed E-state index contributed by atoms with van der Waals surface area (Å²) in [4.78, 5) is 30.2. The number of carbonyl (C=O) groups is 1. The number of carboxylic acids is 1. The van der Waals surface area contributed by atoms with Crippen molar-refractivity contribution in [3.63, 3.8) is 0 Å². The molecule has 1 rings (SSSR count). The summed E-state index contributed by atoms with van der Waals surface area (Å²) in [6, 6.07) is -0.819. The van der Waals surface area contributed by atoms with Gasteiger partial charge in [-0.05, 0) is 12.8 Å². The summed E-state index contributed by atoms with van der Waals surface area (Å²) >= 11 is 0. The van der Waals surface area contributed by atoms with Crippen LogP contribution in [0.3, 0.4) is 0 Å². The summed E-state index contributed by atoms with van der Waals surface area (Å²) in [6.07, 6.45) is 2.16. The number of rotatable bonds is 4. The first kappa shape index (κ1) is 12.4. The minimum atomic E-state index is -4.36. The Balaban J connectivity index is 2.89. The highest BCUT2D eigenvalue weighted by Gasteiger charge is 2.41. The van der Waals surface area contributed by atoms with Gasteiger partial charge < -0.3 is 14.9 Å². The normalized spacial score (nSPS) is 25.1. The third-order valence-electron chi connectivity index (χ3n) is 2.47. The maximum Gasteiger partial charge on any atom is 0.346 e. The Labute approximate surface area is 87.4 Å². The van der Waals surface area contributed by atoms with E-state index in [0.717, 1.165) is 6.08 Å². The molecular weight excluding hydrogens is 221 g/mol. The first-order chi connectivity index (χ1) is 6.88. The van der Waals surface area contributed by atoms with E-state index in [2.05, 4.69) is 6.58 Å². The van der Waals surface area contributed by atoms with Crippen molar-refractivity contribution in [3.8, 4) is 0 Å². The van der Waals surface area contributed by atoms with E-state index < -0.39 is 25.4 Å². The zero-order valence-corrected chi connectivity index (χ0v) is 9.01. The molecule has 7 heteroatoms. The van der Waals surface area contributed by atoms with Crippen LogP contribution in [0, 0.1) is 0 Å². The highest BCUT2D eigenvalue weighted by molar-refractivity contribution is 7.52. The van der Waals surface area contributed by atoms with E-state index in [1.165, 1.54) is 4.90 Å².